The maximum atomic E-state index is 12.2. The zero-order chi connectivity index (χ0) is 15.5. The standard InChI is InChI=1S/C16H25N3O2S/c1-17-6-5-13(16(17)20)18(2)12-14(15-4-3-11-22-15)19-7-9-21-10-8-19/h3-4,11,13-14H,5-10,12H2,1-2H3/t13-,14-/m0/s1. The zero-order valence-electron chi connectivity index (χ0n) is 13.4. The zero-order valence-corrected chi connectivity index (χ0v) is 14.2. The van der Waals surface area contributed by atoms with Gasteiger partial charge in [0.15, 0.2) is 0 Å². The number of morpholine rings is 1. The highest BCUT2D eigenvalue weighted by atomic mass is 32.1. The quantitative estimate of drug-likeness (QED) is 0.818. The number of thiophene rings is 1. The van der Waals surface area contributed by atoms with Crippen molar-refractivity contribution in [2.45, 2.75) is 18.5 Å². The van der Waals surface area contributed by atoms with Crippen molar-refractivity contribution in [2.75, 3.05) is 53.5 Å². The maximum absolute atomic E-state index is 12.2. The highest BCUT2D eigenvalue weighted by Crippen LogP contribution is 2.28. The van der Waals surface area contributed by atoms with Crippen LogP contribution in [0.1, 0.15) is 17.3 Å². The molecule has 2 saturated heterocycles. The van der Waals surface area contributed by atoms with Crippen molar-refractivity contribution in [2.24, 2.45) is 0 Å². The third-order valence-corrected chi connectivity index (χ3v) is 5.72. The minimum absolute atomic E-state index is 0.0357. The first-order valence-electron chi connectivity index (χ1n) is 7.97. The molecule has 1 aromatic rings. The van der Waals surface area contributed by atoms with Gasteiger partial charge in [0.25, 0.3) is 0 Å². The van der Waals surface area contributed by atoms with Crippen LogP contribution in [0.2, 0.25) is 0 Å². The molecule has 0 saturated carbocycles. The van der Waals surface area contributed by atoms with E-state index in [4.69, 9.17) is 4.74 Å². The molecule has 22 heavy (non-hydrogen) atoms. The van der Waals surface area contributed by atoms with Gasteiger partial charge in [0.2, 0.25) is 5.91 Å². The number of hydrogen-bond acceptors (Lipinski definition) is 5. The summed E-state index contributed by atoms with van der Waals surface area (Å²) in [5.41, 5.74) is 0. The first-order valence-corrected chi connectivity index (χ1v) is 8.85. The predicted molar refractivity (Wildman–Crippen MR) is 88.1 cm³/mol. The van der Waals surface area contributed by atoms with Crippen molar-refractivity contribution in [1.82, 2.24) is 14.7 Å². The molecular weight excluding hydrogens is 298 g/mol. The van der Waals surface area contributed by atoms with Crippen LogP contribution in [-0.2, 0) is 9.53 Å². The fourth-order valence-corrected chi connectivity index (χ4v) is 4.22. The second kappa shape index (κ2) is 7.08. The minimum Gasteiger partial charge on any atom is -0.379 e. The Morgan fingerprint density at radius 2 is 2.18 bits per heavy atom. The van der Waals surface area contributed by atoms with Gasteiger partial charge in [0, 0.05) is 38.1 Å². The molecule has 0 spiro atoms. The molecule has 0 aliphatic carbocycles. The van der Waals surface area contributed by atoms with Gasteiger partial charge in [-0.1, -0.05) is 6.07 Å². The van der Waals surface area contributed by atoms with E-state index in [1.807, 2.05) is 11.9 Å². The molecule has 0 aromatic carbocycles. The Kier molecular flexibility index (Phi) is 5.13. The van der Waals surface area contributed by atoms with Crippen molar-refractivity contribution in [3.05, 3.63) is 22.4 Å². The summed E-state index contributed by atoms with van der Waals surface area (Å²) in [6.07, 6.45) is 0.937. The largest absolute Gasteiger partial charge is 0.379 e. The molecule has 2 fully saturated rings. The van der Waals surface area contributed by atoms with Crippen LogP contribution >= 0.6 is 11.3 Å². The Bertz CT molecular complexity index is 488. The Morgan fingerprint density at radius 3 is 2.77 bits per heavy atom. The van der Waals surface area contributed by atoms with Crippen molar-refractivity contribution in [3.8, 4) is 0 Å². The van der Waals surface area contributed by atoms with Gasteiger partial charge < -0.3 is 9.64 Å². The molecule has 0 radical (unpaired) electrons. The van der Waals surface area contributed by atoms with Gasteiger partial charge in [-0.25, -0.2) is 0 Å². The summed E-state index contributed by atoms with van der Waals surface area (Å²) in [5, 5.41) is 2.14. The monoisotopic (exact) mass is 323 g/mol. The molecule has 0 N–H and O–H groups in total. The van der Waals surface area contributed by atoms with E-state index >= 15 is 0 Å². The summed E-state index contributed by atoms with van der Waals surface area (Å²) < 4.78 is 5.49. The number of rotatable bonds is 5. The van der Waals surface area contributed by atoms with E-state index in [0.717, 1.165) is 45.8 Å². The fourth-order valence-electron chi connectivity index (χ4n) is 3.37. The first kappa shape index (κ1) is 15.9. The molecule has 3 rings (SSSR count). The van der Waals surface area contributed by atoms with E-state index in [9.17, 15) is 4.79 Å². The molecule has 0 bridgehead atoms. The van der Waals surface area contributed by atoms with Crippen molar-refractivity contribution in [1.29, 1.82) is 0 Å². The molecule has 2 atom stereocenters. The Balaban J connectivity index is 1.71. The van der Waals surface area contributed by atoms with Gasteiger partial charge >= 0.3 is 0 Å². The van der Waals surface area contributed by atoms with E-state index in [0.29, 0.717) is 6.04 Å². The van der Waals surface area contributed by atoms with E-state index < -0.39 is 0 Å². The van der Waals surface area contributed by atoms with Crippen LogP contribution < -0.4 is 0 Å². The Labute approximate surface area is 136 Å². The topological polar surface area (TPSA) is 36.0 Å². The van der Waals surface area contributed by atoms with E-state index in [-0.39, 0.29) is 11.9 Å². The van der Waals surface area contributed by atoms with Crippen LogP contribution in [0.3, 0.4) is 0 Å². The van der Waals surface area contributed by atoms with Crippen LogP contribution in [0.25, 0.3) is 0 Å². The number of likely N-dealkylation sites (tertiary alicyclic amines) is 1. The van der Waals surface area contributed by atoms with Crippen LogP contribution in [0.4, 0.5) is 0 Å². The molecule has 6 heteroatoms. The lowest BCUT2D eigenvalue weighted by molar-refractivity contribution is -0.130. The van der Waals surface area contributed by atoms with Gasteiger partial charge in [0.1, 0.15) is 0 Å². The van der Waals surface area contributed by atoms with E-state index in [1.165, 1.54) is 4.88 Å². The molecule has 1 amide bonds. The van der Waals surface area contributed by atoms with Crippen molar-refractivity contribution in [3.63, 3.8) is 0 Å². The summed E-state index contributed by atoms with van der Waals surface area (Å²) in [4.78, 5) is 20.2. The molecule has 122 valence electrons. The molecule has 0 unspecified atom stereocenters. The lowest BCUT2D eigenvalue weighted by atomic mass is 10.1. The molecule has 3 heterocycles. The van der Waals surface area contributed by atoms with Gasteiger partial charge in [-0.2, -0.15) is 0 Å². The van der Waals surface area contributed by atoms with Crippen LogP contribution in [0.15, 0.2) is 17.5 Å². The third kappa shape index (κ3) is 3.35. The van der Waals surface area contributed by atoms with Crippen LogP contribution in [0, 0.1) is 0 Å². The smallest absolute Gasteiger partial charge is 0.239 e. The average molecular weight is 323 g/mol. The summed E-state index contributed by atoms with van der Waals surface area (Å²) in [6, 6.07) is 4.71. The predicted octanol–water partition coefficient (Wildman–Crippen LogP) is 1.28. The number of likely N-dealkylation sites (N-methyl/N-ethyl adjacent to an activating group) is 2. The van der Waals surface area contributed by atoms with Gasteiger partial charge in [0.05, 0.1) is 25.3 Å². The fraction of sp³-hybridized carbons (Fsp3) is 0.688. The number of ether oxygens (including phenoxy) is 1. The van der Waals surface area contributed by atoms with Crippen LogP contribution in [-0.4, -0.2) is 80.1 Å². The van der Waals surface area contributed by atoms with Crippen LogP contribution in [0.5, 0.6) is 0 Å². The SMILES string of the molecule is CN1CC[C@H](N(C)C[C@@H](c2cccs2)N2CCOCC2)C1=O. The first-order chi connectivity index (χ1) is 10.7. The summed E-state index contributed by atoms with van der Waals surface area (Å²) in [5.74, 6) is 0.259. The van der Waals surface area contributed by atoms with Gasteiger partial charge in [-0.15, -0.1) is 11.3 Å². The van der Waals surface area contributed by atoms with Gasteiger partial charge in [-0.05, 0) is 24.9 Å². The second-order valence-corrected chi connectivity index (χ2v) is 7.16. The highest BCUT2D eigenvalue weighted by molar-refractivity contribution is 7.10. The summed E-state index contributed by atoms with van der Waals surface area (Å²) >= 11 is 1.81. The third-order valence-electron chi connectivity index (χ3n) is 4.75. The molecular formula is C16H25N3O2S. The number of amides is 1. The Morgan fingerprint density at radius 1 is 1.41 bits per heavy atom. The Hall–Kier alpha value is -0.950. The lowest BCUT2D eigenvalue weighted by Crippen LogP contribution is -2.46. The molecule has 5 nitrogen and oxygen atoms in total. The normalized spacial score (nSPS) is 25.1. The minimum atomic E-state index is 0.0357. The summed E-state index contributed by atoms with van der Waals surface area (Å²) in [7, 11) is 3.98. The number of carbonyl (C=O) groups is 1. The number of nitrogens with zero attached hydrogens (tertiary/aromatic N) is 3. The van der Waals surface area contributed by atoms with Crippen molar-refractivity contribution < 1.29 is 9.53 Å². The highest BCUT2D eigenvalue weighted by Gasteiger charge is 2.34. The summed E-state index contributed by atoms with van der Waals surface area (Å²) in [6.45, 7) is 5.30. The molecule has 1 aromatic heterocycles. The number of hydrogen-bond donors (Lipinski definition) is 0. The maximum Gasteiger partial charge on any atom is 0.239 e. The van der Waals surface area contributed by atoms with Gasteiger partial charge in [-0.3, -0.25) is 14.6 Å². The number of carbonyl (C=O) groups excluding carboxylic acids is 1. The second-order valence-electron chi connectivity index (χ2n) is 6.18. The average Bonchev–Trinajstić information content (AvgIpc) is 3.17. The molecule has 2 aliphatic rings. The van der Waals surface area contributed by atoms with E-state index in [2.05, 4.69) is 34.4 Å². The lowest BCUT2D eigenvalue weighted by Gasteiger charge is -2.37. The van der Waals surface area contributed by atoms with E-state index in [1.54, 1.807) is 11.3 Å². The molecule has 2 aliphatic heterocycles. The van der Waals surface area contributed by atoms with Crippen molar-refractivity contribution >= 4 is 17.2 Å².